The third kappa shape index (κ3) is 4.55. The first-order valence-electron chi connectivity index (χ1n) is 21.0. The Bertz CT molecular complexity index is 3230. The number of ether oxygens (including phenoxy) is 2. The van der Waals surface area contributed by atoms with Crippen molar-refractivity contribution in [3.8, 4) is 50.9 Å². The molecule has 59 heavy (non-hydrogen) atoms. The number of para-hydroxylation sites is 3. The average molecular weight is 756 g/mol. The number of nitrogens with zero attached hydrogens (tertiary/aromatic N) is 1. The Labute approximate surface area is 343 Å². The number of aromatic nitrogens is 1. The van der Waals surface area contributed by atoms with Crippen LogP contribution in [0.15, 0.2) is 182 Å². The van der Waals surface area contributed by atoms with Crippen molar-refractivity contribution in [3.63, 3.8) is 0 Å². The van der Waals surface area contributed by atoms with E-state index in [2.05, 4.69) is 187 Å². The van der Waals surface area contributed by atoms with Crippen molar-refractivity contribution in [2.24, 2.45) is 0 Å². The molecule has 0 radical (unpaired) electrons. The van der Waals surface area contributed by atoms with E-state index in [1.165, 1.54) is 96.7 Å². The van der Waals surface area contributed by atoms with Gasteiger partial charge in [0.15, 0.2) is 6.71 Å². The monoisotopic (exact) mass is 755 g/mol. The fourth-order valence-electron chi connectivity index (χ4n) is 11.4. The van der Waals surface area contributed by atoms with Crippen LogP contribution in [0.25, 0.3) is 71.3 Å². The molecule has 10 aromatic rings. The Balaban J connectivity index is 1.06. The van der Waals surface area contributed by atoms with Crippen molar-refractivity contribution < 1.29 is 9.47 Å². The van der Waals surface area contributed by atoms with Crippen LogP contribution in [0.5, 0.6) is 23.0 Å². The predicted molar refractivity (Wildman–Crippen MR) is 244 cm³/mol. The van der Waals surface area contributed by atoms with Gasteiger partial charge < -0.3 is 14.0 Å². The van der Waals surface area contributed by atoms with Crippen LogP contribution in [0.2, 0.25) is 12.6 Å². The molecule has 0 atom stereocenters. The lowest BCUT2D eigenvalue weighted by molar-refractivity contribution is 0.396. The second-order valence-electron chi connectivity index (χ2n) is 16.6. The Kier molecular flexibility index (Phi) is 6.98. The molecule has 3 nitrogen and oxygen atoms in total. The zero-order valence-electron chi connectivity index (χ0n) is 32.5. The smallest absolute Gasteiger partial charge is 0.164 e. The van der Waals surface area contributed by atoms with Gasteiger partial charge in [0.05, 0.1) is 16.7 Å². The molecule has 0 bridgehead atoms. The first kappa shape index (κ1) is 33.0. The molecule has 0 N–H and O–H groups in total. The molecule has 1 fully saturated rings. The first-order valence-corrected chi connectivity index (χ1v) is 21.0. The number of hydrogen-bond donors (Lipinski definition) is 0. The normalized spacial score (nSPS) is 14.9. The van der Waals surface area contributed by atoms with Gasteiger partial charge in [0.25, 0.3) is 0 Å². The minimum Gasteiger partial charge on any atom is -0.457 e. The van der Waals surface area contributed by atoms with E-state index in [0.717, 1.165) is 39.7 Å². The Morgan fingerprint density at radius 1 is 0.407 bits per heavy atom. The van der Waals surface area contributed by atoms with Gasteiger partial charge >= 0.3 is 0 Å². The van der Waals surface area contributed by atoms with Crippen LogP contribution in [0.3, 0.4) is 0 Å². The topological polar surface area (TPSA) is 23.4 Å². The van der Waals surface area contributed by atoms with Gasteiger partial charge in [0.2, 0.25) is 0 Å². The zero-order chi connectivity index (χ0) is 38.7. The highest BCUT2D eigenvalue weighted by Gasteiger charge is 2.56. The largest absolute Gasteiger partial charge is 0.457 e. The molecule has 0 saturated carbocycles. The van der Waals surface area contributed by atoms with Gasteiger partial charge in [-0.15, -0.1) is 0 Å². The van der Waals surface area contributed by atoms with E-state index in [1.54, 1.807) is 0 Å². The van der Waals surface area contributed by atoms with Crippen LogP contribution in [0, 0.1) is 0 Å². The molecule has 13 rings (SSSR count). The molecule has 0 spiro atoms. The van der Waals surface area contributed by atoms with Crippen LogP contribution in [0.4, 0.5) is 0 Å². The standard InChI is InChI=1S/C55H38BNO2/c1-2-16-35(17-3-1)52-39-19-4-6-21-41(39)53(42-22-7-5-20-40(42)52)36-28-29-47-43(32-36)38-18-8-11-25-46(38)57(47)37-33-50-54-51(34-37)59-49-27-13-10-24-45(49)55(54,56-30-14-15-31-56)44-23-9-12-26-48(44)58-50/h1-13,16-29,32-34H,14-15,30-31H2. The fraction of sp³-hybridized carbons (Fsp3) is 0.0909. The molecule has 0 amide bonds. The summed E-state index contributed by atoms with van der Waals surface area (Å²) < 4.78 is 16.4. The second-order valence-corrected chi connectivity index (χ2v) is 16.6. The summed E-state index contributed by atoms with van der Waals surface area (Å²) in [5.41, 5.74) is 12.0. The summed E-state index contributed by atoms with van der Waals surface area (Å²) in [6, 6.07) is 66.5. The molecular formula is C55H38BNO2. The van der Waals surface area contributed by atoms with Gasteiger partial charge in [-0.3, -0.25) is 0 Å². The predicted octanol–water partition coefficient (Wildman–Crippen LogP) is 14.8. The van der Waals surface area contributed by atoms with Crippen LogP contribution in [-0.4, -0.2) is 11.3 Å². The highest BCUT2D eigenvalue weighted by Crippen LogP contribution is 2.63. The van der Waals surface area contributed by atoms with Crippen LogP contribution >= 0.6 is 0 Å². The van der Waals surface area contributed by atoms with E-state index in [1.807, 2.05) is 0 Å². The summed E-state index contributed by atoms with van der Waals surface area (Å²) >= 11 is 0. The number of hydrogen-bond acceptors (Lipinski definition) is 2. The van der Waals surface area contributed by atoms with E-state index in [0.29, 0.717) is 6.71 Å². The van der Waals surface area contributed by atoms with E-state index >= 15 is 0 Å². The van der Waals surface area contributed by atoms with Crippen LogP contribution in [-0.2, 0) is 5.31 Å². The molecule has 9 aromatic carbocycles. The number of fused-ring (bicyclic) bond motifs is 9. The molecule has 3 aliphatic heterocycles. The molecule has 0 aliphatic carbocycles. The molecule has 278 valence electrons. The Hall–Kier alpha value is -7.04. The molecular weight excluding hydrogens is 717 g/mol. The number of benzene rings is 9. The maximum Gasteiger partial charge on any atom is 0.164 e. The lowest BCUT2D eigenvalue weighted by atomic mass is 9.27. The maximum atomic E-state index is 6.99. The summed E-state index contributed by atoms with van der Waals surface area (Å²) in [4.78, 5) is 0. The van der Waals surface area contributed by atoms with Crippen LogP contribution in [0.1, 0.15) is 29.5 Å². The van der Waals surface area contributed by atoms with E-state index in [9.17, 15) is 0 Å². The highest BCUT2D eigenvalue weighted by molar-refractivity contribution is 6.65. The molecule has 4 heterocycles. The highest BCUT2D eigenvalue weighted by atomic mass is 16.5. The van der Waals surface area contributed by atoms with Gasteiger partial charge in [-0.25, -0.2) is 0 Å². The van der Waals surface area contributed by atoms with Crippen molar-refractivity contribution in [3.05, 3.63) is 199 Å². The van der Waals surface area contributed by atoms with E-state index in [4.69, 9.17) is 9.47 Å². The summed E-state index contributed by atoms with van der Waals surface area (Å²) in [5.74, 6) is 3.65. The lowest BCUT2D eigenvalue weighted by Gasteiger charge is -2.47. The van der Waals surface area contributed by atoms with Crippen molar-refractivity contribution in [2.75, 3.05) is 0 Å². The van der Waals surface area contributed by atoms with Gasteiger partial charge in [0, 0.05) is 44.9 Å². The maximum absolute atomic E-state index is 6.99. The third-order valence-corrected chi connectivity index (χ3v) is 13.7. The molecule has 1 saturated heterocycles. The zero-order valence-corrected chi connectivity index (χ0v) is 32.5. The SMILES string of the molecule is c1ccc(-c2c3ccccc3c(-c3ccc4c(c3)c3ccccc3n4-c3cc4c5c(c3)Oc3ccccc3C5(B3CCCC3)c3ccccc3O4)c3ccccc23)cc1. The van der Waals surface area contributed by atoms with Crippen molar-refractivity contribution >= 4 is 50.1 Å². The molecule has 4 heteroatoms. The minimum atomic E-state index is -0.347. The summed E-state index contributed by atoms with van der Waals surface area (Å²) in [5, 5.41) is 7.10. The molecule has 3 aliphatic rings. The minimum absolute atomic E-state index is 0.347. The van der Waals surface area contributed by atoms with Gasteiger partial charge in [-0.2, -0.15) is 0 Å². The van der Waals surface area contributed by atoms with E-state index in [-0.39, 0.29) is 5.31 Å². The van der Waals surface area contributed by atoms with Crippen LogP contribution < -0.4 is 9.47 Å². The summed E-state index contributed by atoms with van der Waals surface area (Å²) in [7, 11) is 0. The summed E-state index contributed by atoms with van der Waals surface area (Å²) in [6.45, 7) is 0.446. The summed E-state index contributed by atoms with van der Waals surface area (Å²) in [6.07, 6.45) is 4.84. The van der Waals surface area contributed by atoms with E-state index < -0.39 is 0 Å². The van der Waals surface area contributed by atoms with Crippen molar-refractivity contribution in [1.82, 2.24) is 4.57 Å². The van der Waals surface area contributed by atoms with Gasteiger partial charge in [-0.1, -0.05) is 165 Å². The second kappa shape index (κ2) is 12.5. The third-order valence-electron chi connectivity index (χ3n) is 13.7. The Morgan fingerprint density at radius 3 is 1.51 bits per heavy atom. The van der Waals surface area contributed by atoms with Gasteiger partial charge in [-0.05, 0) is 74.1 Å². The first-order chi connectivity index (χ1) is 29.3. The average Bonchev–Trinajstić information content (AvgIpc) is 3.95. The fourth-order valence-corrected chi connectivity index (χ4v) is 11.4. The van der Waals surface area contributed by atoms with Crippen molar-refractivity contribution in [2.45, 2.75) is 30.8 Å². The number of rotatable bonds is 4. The molecule has 1 aromatic heterocycles. The Morgan fingerprint density at radius 2 is 0.898 bits per heavy atom. The van der Waals surface area contributed by atoms with Crippen molar-refractivity contribution in [1.29, 1.82) is 0 Å². The quantitative estimate of drug-likeness (QED) is 0.132. The lowest BCUT2D eigenvalue weighted by Crippen LogP contribution is -2.47. The van der Waals surface area contributed by atoms with Gasteiger partial charge in [0.1, 0.15) is 23.0 Å². The molecule has 0 unspecified atom stereocenters.